The molecule has 0 aliphatic heterocycles. The zero-order chi connectivity index (χ0) is 33.6. The number of aromatic nitrogens is 6. The predicted octanol–water partition coefficient (Wildman–Crippen LogP) is 8.24. The summed E-state index contributed by atoms with van der Waals surface area (Å²) in [6.45, 7) is 5.09. The van der Waals surface area contributed by atoms with Gasteiger partial charge >= 0.3 is 0 Å². The SMILES string of the molecule is CCCCn1nc(Cc2ccc(-c3ccccc3-c3nnn(C(c4ccccc4)(c4ccccc4)c4ccccc4)n3)cc2)c(CO)c1C. The monoisotopic (exact) mass is 644 g/mol. The minimum Gasteiger partial charge on any atom is -0.392 e. The number of rotatable bonds is 12. The van der Waals surface area contributed by atoms with Gasteiger partial charge < -0.3 is 5.11 Å². The van der Waals surface area contributed by atoms with Crippen LogP contribution in [-0.2, 0) is 25.1 Å². The van der Waals surface area contributed by atoms with Crippen LogP contribution in [0.5, 0.6) is 0 Å². The van der Waals surface area contributed by atoms with Gasteiger partial charge in [-0.15, -0.1) is 15.0 Å². The Morgan fingerprint density at radius 1 is 0.653 bits per heavy atom. The van der Waals surface area contributed by atoms with Crippen molar-refractivity contribution in [3.8, 4) is 22.5 Å². The summed E-state index contributed by atoms with van der Waals surface area (Å²) < 4.78 is 2.04. The van der Waals surface area contributed by atoms with Gasteiger partial charge in [0.05, 0.1) is 12.3 Å². The number of unbranched alkanes of at least 4 members (excludes halogenated alkanes) is 1. The molecule has 5 aromatic carbocycles. The summed E-state index contributed by atoms with van der Waals surface area (Å²) in [6.07, 6.45) is 2.83. The first-order valence-electron chi connectivity index (χ1n) is 16.9. The Balaban J connectivity index is 1.26. The summed E-state index contributed by atoms with van der Waals surface area (Å²) in [7, 11) is 0. The number of hydrogen-bond acceptors (Lipinski definition) is 5. The molecule has 0 atom stereocenters. The lowest BCUT2D eigenvalue weighted by molar-refractivity contribution is 0.279. The zero-order valence-electron chi connectivity index (χ0n) is 27.9. The molecule has 0 spiro atoms. The van der Waals surface area contributed by atoms with E-state index in [0.29, 0.717) is 12.2 Å². The molecule has 7 aromatic rings. The van der Waals surface area contributed by atoms with Crippen molar-refractivity contribution in [3.05, 3.63) is 179 Å². The minimum absolute atomic E-state index is 0.00740. The molecule has 0 saturated carbocycles. The van der Waals surface area contributed by atoms with Gasteiger partial charge in [0.25, 0.3) is 0 Å². The highest BCUT2D eigenvalue weighted by Gasteiger charge is 2.41. The molecule has 0 fully saturated rings. The summed E-state index contributed by atoms with van der Waals surface area (Å²) in [6, 6.07) is 47.9. The van der Waals surface area contributed by atoms with E-state index in [1.54, 1.807) is 4.80 Å². The highest BCUT2D eigenvalue weighted by atomic mass is 16.3. The largest absolute Gasteiger partial charge is 0.392 e. The molecule has 0 aliphatic carbocycles. The molecule has 7 nitrogen and oxygen atoms in total. The number of benzene rings is 5. The van der Waals surface area contributed by atoms with Crippen molar-refractivity contribution in [3.63, 3.8) is 0 Å². The maximum atomic E-state index is 10.1. The van der Waals surface area contributed by atoms with Crippen LogP contribution in [0, 0.1) is 6.92 Å². The van der Waals surface area contributed by atoms with E-state index in [-0.39, 0.29) is 6.61 Å². The number of aliphatic hydroxyl groups excluding tert-OH is 1. The third kappa shape index (κ3) is 6.09. The molecule has 1 N–H and O–H groups in total. The maximum absolute atomic E-state index is 10.1. The lowest BCUT2D eigenvalue weighted by Gasteiger charge is -2.34. The summed E-state index contributed by atoms with van der Waals surface area (Å²) in [5.41, 5.74) is 9.29. The van der Waals surface area contributed by atoms with Crippen LogP contribution in [0.2, 0.25) is 0 Å². The number of nitrogens with zero attached hydrogens (tertiary/aromatic N) is 6. The predicted molar refractivity (Wildman–Crippen MR) is 194 cm³/mol. The van der Waals surface area contributed by atoms with Gasteiger partial charge in [-0.05, 0) is 51.9 Å². The van der Waals surface area contributed by atoms with Crippen molar-refractivity contribution in [2.75, 3.05) is 0 Å². The lowest BCUT2D eigenvalue weighted by Crippen LogP contribution is -2.39. The standard InChI is InChI=1S/C42H40N6O/c1-3-4-28-47-31(2)39(30-49)40(44-47)29-32-24-26-33(27-25-32)37-22-14-15-23-38(37)41-43-46-48(45-41)42(34-16-8-5-9-17-34,35-18-10-6-11-19-35)36-20-12-7-13-21-36/h5-27,49H,3-4,28-30H2,1-2H3. The Kier molecular flexibility index (Phi) is 9.26. The maximum Gasteiger partial charge on any atom is 0.205 e. The molecular weight excluding hydrogens is 605 g/mol. The normalized spacial score (nSPS) is 11.6. The number of aliphatic hydroxyl groups is 1. The second kappa shape index (κ2) is 14.2. The molecule has 244 valence electrons. The third-order valence-corrected chi connectivity index (χ3v) is 9.39. The van der Waals surface area contributed by atoms with E-state index >= 15 is 0 Å². The summed E-state index contributed by atoms with van der Waals surface area (Å²) in [5.74, 6) is 0.549. The molecular formula is C42H40N6O. The first-order valence-corrected chi connectivity index (χ1v) is 16.9. The highest BCUT2D eigenvalue weighted by molar-refractivity contribution is 5.80. The van der Waals surface area contributed by atoms with Crippen LogP contribution in [0.25, 0.3) is 22.5 Å². The number of aryl methyl sites for hydroxylation is 1. The van der Waals surface area contributed by atoms with E-state index in [9.17, 15) is 5.11 Å². The van der Waals surface area contributed by atoms with Crippen molar-refractivity contribution in [2.24, 2.45) is 0 Å². The fraction of sp³-hybridized carbons (Fsp3) is 0.190. The molecule has 0 radical (unpaired) electrons. The van der Waals surface area contributed by atoms with E-state index in [2.05, 4.69) is 116 Å². The Morgan fingerprint density at radius 3 is 1.76 bits per heavy atom. The molecule has 0 bridgehead atoms. The summed E-state index contributed by atoms with van der Waals surface area (Å²) >= 11 is 0. The van der Waals surface area contributed by atoms with Crippen molar-refractivity contribution >= 4 is 0 Å². The van der Waals surface area contributed by atoms with Crippen molar-refractivity contribution in [1.29, 1.82) is 0 Å². The van der Waals surface area contributed by atoms with Gasteiger partial charge in [-0.1, -0.05) is 153 Å². The Morgan fingerprint density at radius 2 is 1.20 bits per heavy atom. The second-order valence-electron chi connectivity index (χ2n) is 12.4. The van der Waals surface area contributed by atoms with Gasteiger partial charge in [0.1, 0.15) is 0 Å². The van der Waals surface area contributed by atoms with E-state index in [4.69, 9.17) is 20.5 Å². The molecule has 0 unspecified atom stereocenters. The molecule has 2 aromatic heterocycles. The van der Waals surface area contributed by atoms with Crippen LogP contribution < -0.4 is 0 Å². The van der Waals surface area contributed by atoms with Crippen molar-refractivity contribution in [2.45, 2.75) is 51.8 Å². The minimum atomic E-state index is -0.846. The van der Waals surface area contributed by atoms with Crippen LogP contribution in [0.3, 0.4) is 0 Å². The van der Waals surface area contributed by atoms with E-state index in [1.165, 1.54) is 0 Å². The quantitative estimate of drug-likeness (QED) is 0.136. The third-order valence-electron chi connectivity index (χ3n) is 9.39. The van der Waals surface area contributed by atoms with Crippen LogP contribution in [0.15, 0.2) is 140 Å². The Hall–Kier alpha value is -5.66. The van der Waals surface area contributed by atoms with Gasteiger partial charge in [0.15, 0.2) is 5.54 Å². The van der Waals surface area contributed by atoms with Crippen LogP contribution in [0.1, 0.15) is 59.0 Å². The average Bonchev–Trinajstić information content (AvgIpc) is 3.77. The van der Waals surface area contributed by atoms with Gasteiger partial charge in [-0.2, -0.15) is 5.10 Å². The first-order chi connectivity index (χ1) is 24.1. The van der Waals surface area contributed by atoms with Crippen molar-refractivity contribution < 1.29 is 5.11 Å². The second-order valence-corrected chi connectivity index (χ2v) is 12.4. The fourth-order valence-corrected chi connectivity index (χ4v) is 6.79. The molecule has 0 aliphatic rings. The summed E-state index contributed by atoms with van der Waals surface area (Å²) in [5, 5.41) is 29.6. The first kappa shape index (κ1) is 31.9. The van der Waals surface area contributed by atoms with Gasteiger partial charge in [0.2, 0.25) is 5.82 Å². The highest BCUT2D eigenvalue weighted by Crippen LogP contribution is 2.40. The molecule has 0 amide bonds. The van der Waals surface area contributed by atoms with E-state index < -0.39 is 5.54 Å². The smallest absolute Gasteiger partial charge is 0.205 e. The van der Waals surface area contributed by atoms with Crippen LogP contribution in [-0.4, -0.2) is 35.1 Å². The van der Waals surface area contributed by atoms with Crippen LogP contribution in [0.4, 0.5) is 0 Å². The fourth-order valence-electron chi connectivity index (χ4n) is 6.79. The Bertz CT molecular complexity index is 2020. The lowest BCUT2D eigenvalue weighted by atomic mass is 9.77. The molecule has 7 rings (SSSR count). The van der Waals surface area contributed by atoms with Gasteiger partial charge in [0, 0.05) is 29.8 Å². The molecule has 49 heavy (non-hydrogen) atoms. The number of tetrazole rings is 1. The molecule has 2 heterocycles. The Labute approximate surface area is 287 Å². The van der Waals surface area contributed by atoms with E-state index in [1.807, 2.05) is 41.9 Å². The average molecular weight is 645 g/mol. The zero-order valence-corrected chi connectivity index (χ0v) is 27.9. The molecule has 7 heteroatoms. The number of hydrogen-bond donors (Lipinski definition) is 1. The van der Waals surface area contributed by atoms with E-state index in [0.717, 1.165) is 75.3 Å². The van der Waals surface area contributed by atoms with Crippen molar-refractivity contribution in [1.82, 2.24) is 30.0 Å². The van der Waals surface area contributed by atoms with Gasteiger partial charge in [-0.25, -0.2) is 0 Å². The topological polar surface area (TPSA) is 81.7 Å². The van der Waals surface area contributed by atoms with Gasteiger partial charge in [-0.3, -0.25) is 4.68 Å². The summed E-state index contributed by atoms with van der Waals surface area (Å²) in [4.78, 5) is 1.77. The molecule has 0 saturated heterocycles. The van der Waals surface area contributed by atoms with Crippen LogP contribution >= 0.6 is 0 Å².